The highest BCUT2D eigenvalue weighted by Crippen LogP contribution is 2.44. The number of carbonyl (C=O) groups excluding carboxylic acids is 1. The van der Waals surface area contributed by atoms with Gasteiger partial charge in [-0.1, -0.05) is 17.8 Å². The van der Waals surface area contributed by atoms with E-state index >= 15 is 4.39 Å². The van der Waals surface area contributed by atoms with Crippen molar-refractivity contribution in [1.82, 2.24) is 24.4 Å². The molecule has 0 radical (unpaired) electrons. The van der Waals surface area contributed by atoms with E-state index in [1.54, 1.807) is 11.8 Å². The molecular weight excluding hydrogens is 482 g/mol. The number of fused-ring (bicyclic) bond motifs is 4. The van der Waals surface area contributed by atoms with Crippen molar-refractivity contribution in [3.05, 3.63) is 45.9 Å². The normalized spacial score (nSPS) is 16.9. The lowest BCUT2D eigenvalue weighted by Gasteiger charge is -2.33. The molecule has 1 fully saturated rings. The average molecular weight is 503 g/mol. The largest absolute Gasteiger partial charge is 0.383 e. The number of halogens is 2. The van der Waals surface area contributed by atoms with Crippen LogP contribution in [0.3, 0.4) is 0 Å². The molecule has 1 atom stereocenters. The van der Waals surface area contributed by atoms with Crippen LogP contribution in [0.2, 0.25) is 0 Å². The summed E-state index contributed by atoms with van der Waals surface area (Å²) in [5, 5.41) is 1.33. The third-order valence-electron chi connectivity index (χ3n) is 6.60. The first-order valence-electron chi connectivity index (χ1n) is 11.5. The summed E-state index contributed by atoms with van der Waals surface area (Å²) in [6.45, 7) is 4.17. The molecule has 180 valence electrons. The van der Waals surface area contributed by atoms with Crippen LogP contribution >= 0.6 is 11.3 Å². The minimum atomic E-state index is -0.772. The molecule has 1 saturated carbocycles. The molecule has 1 amide bonds. The third kappa shape index (κ3) is 3.49. The average Bonchev–Trinajstić information content (AvgIpc) is 3.54. The quantitative estimate of drug-likeness (QED) is 0.399. The number of amides is 1. The maximum Gasteiger partial charge on any atom is 0.299 e. The molecule has 1 aliphatic heterocycles. The Labute approximate surface area is 209 Å². The molecule has 7 nitrogen and oxygen atoms in total. The molecule has 1 aliphatic carbocycles. The Morgan fingerprint density at radius 2 is 2.00 bits per heavy atom. The van der Waals surface area contributed by atoms with Crippen molar-refractivity contribution in [3.8, 4) is 23.7 Å². The van der Waals surface area contributed by atoms with E-state index in [0.717, 1.165) is 17.8 Å². The summed E-state index contributed by atoms with van der Waals surface area (Å²) in [5.74, 6) is 9.56. The van der Waals surface area contributed by atoms with Gasteiger partial charge in [0.25, 0.3) is 5.91 Å². The molecule has 2 N–H and O–H groups in total. The van der Waals surface area contributed by atoms with E-state index in [1.165, 1.54) is 23.7 Å². The second kappa shape index (κ2) is 8.28. The van der Waals surface area contributed by atoms with E-state index in [1.807, 2.05) is 11.5 Å². The standard InChI is InChI=1S/C26H20F2N6OS/c1-3-4-20(35)33-11-18-16(21-24(29)30-12-31-25(21)34(18)10-13(33)2)8-7-15-17(27)9-19-23(22(15)28)32-26(36-19)14-5-6-14/h9,12-14H,5-6,10-11H2,1-2H3,(H2,29,30,31)/t13-/m1/s1. The molecule has 10 heteroatoms. The second-order valence-electron chi connectivity index (χ2n) is 9.02. The van der Waals surface area contributed by atoms with E-state index in [0.29, 0.717) is 39.5 Å². The molecule has 4 aromatic rings. The molecular formula is C26H20F2N6OS. The number of benzene rings is 1. The summed E-state index contributed by atoms with van der Waals surface area (Å²) >= 11 is 1.33. The number of nitrogens with zero attached hydrogens (tertiary/aromatic N) is 5. The fourth-order valence-corrected chi connectivity index (χ4v) is 5.79. The van der Waals surface area contributed by atoms with Crippen molar-refractivity contribution < 1.29 is 13.6 Å². The number of nitrogens with two attached hydrogens (primary N) is 1. The van der Waals surface area contributed by atoms with Crippen molar-refractivity contribution in [2.75, 3.05) is 5.73 Å². The van der Waals surface area contributed by atoms with Crippen molar-refractivity contribution in [2.45, 2.75) is 51.7 Å². The molecule has 0 bridgehead atoms. The maximum absolute atomic E-state index is 15.4. The number of nitrogen functional groups attached to an aromatic ring is 1. The number of rotatable bonds is 1. The topological polar surface area (TPSA) is 89.9 Å². The highest BCUT2D eigenvalue weighted by atomic mass is 32.1. The number of hydrogen-bond acceptors (Lipinski definition) is 6. The molecule has 2 aliphatic rings. The third-order valence-corrected chi connectivity index (χ3v) is 7.77. The van der Waals surface area contributed by atoms with Crippen LogP contribution in [-0.4, -0.2) is 36.4 Å². The number of carbonyl (C=O) groups is 1. The van der Waals surface area contributed by atoms with Crippen LogP contribution < -0.4 is 5.73 Å². The molecule has 4 heterocycles. The molecule has 1 aromatic carbocycles. The molecule has 36 heavy (non-hydrogen) atoms. The summed E-state index contributed by atoms with van der Waals surface area (Å²) in [4.78, 5) is 27.2. The zero-order chi connectivity index (χ0) is 25.1. The lowest BCUT2D eigenvalue weighted by atomic mass is 10.1. The lowest BCUT2D eigenvalue weighted by molar-refractivity contribution is -0.128. The predicted molar refractivity (Wildman–Crippen MR) is 133 cm³/mol. The van der Waals surface area contributed by atoms with Gasteiger partial charge in [-0.15, -0.1) is 11.3 Å². The minimum Gasteiger partial charge on any atom is -0.383 e. The molecule has 6 rings (SSSR count). The summed E-state index contributed by atoms with van der Waals surface area (Å²) in [6, 6.07) is 1.14. The monoisotopic (exact) mass is 502 g/mol. The van der Waals surface area contributed by atoms with Crippen molar-refractivity contribution in [1.29, 1.82) is 0 Å². The van der Waals surface area contributed by atoms with Crippen LogP contribution in [0.25, 0.3) is 21.3 Å². The van der Waals surface area contributed by atoms with Gasteiger partial charge in [0, 0.05) is 18.5 Å². The predicted octanol–water partition coefficient (Wildman–Crippen LogP) is 3.93. The number of hydrogen-bond donors (Lipinski definition) is 1. The van der Waals surface area contributed by atoms with Crippen LogP contribution in [0.15, 0.2) is 12.4 Å². The first kappa shape index (κ1) is 22.4. The highest BCUT2D eigenvalue weighted by molar-refractivity contribution is 7.18. The van der Waals surface area contributed by atoms with Gasteiger partial charge >= 0.3 is 0 Å². The first-order chi connectivity index (χ1) is 17.4. The molecule has 3 aromatic heterocycles. The summed E-state index contributed by atoms with van der Waals surface area (Å²) < 4.78 is 32.8. The van der Waals surface area contributed by atoms with Gasteiger partial charge in [-0.2, -0.15) is 0 Å². The van der Waals surface area contributed by atoms with E-state index in [2.05, 4.69) is 38.6 Å². The Morgan fingerprint density at radius 1 is 1.22 bits per heavy atom. The Balaban J connectivity index is 1.51. The van der Waals surface area contributed by atoms with Crippen LogP contribution in [0, 0.1) is 35.3 Å². The zero-order valence-electron chi connectivity index (χ0n) is 19.5. The highest BCUT2D eigenvalue weighted by Gasteiger charge is 2.32. The second-order valence-corrected chi connectivity index (χ2v) is 10.1. The van der Waals surface area contributed by atoms with E-state index in [4.69, 9.17) is 5.73 Å². The van der Waals surface area contributed by atoms with Crippen LogP contribution in [0.5, 0.6) is 0 Å². The van der Waals surface area contributed by atoms with Gasteiger partial charge in [0.2, 0.25) is 0 Å². The van der Waals surface area contributed by atoms with Crippen molar-refractivity contribution >= 4 is 44.3 Å². The van der Waals surface area contributed by atoms with Crippen LogP contribution in [0.4, 0.5) is 14.6 Å². The first-order valence-corrected chi connectivity index (χ1v) is 12.3. The van der Waals surface area contributed by atoms with E-state index < -0.39 is 11.6 Å². The number of anilines is 1. The number of thiazole rings is 1. The van der Waals surface area contributed by atoms with Crippen molar-refractivity contribution in [2.24, 2.45) is 0 Å². The minimum absolute atomic E-state index is 0.142. The molecule has 0 unspecified atom stereocenters. The maximum atomic E-state index is 15.4. The molecule has 0 spiro atoms. The van der Waals surface area contributed by atoms with Gasteiger partial charge in [0.15, 0.2) is 5.82 Å². The lowest BCUT2D eigenvalue weighted by Crippen LogP contribution is -2.44. The van der Waals surface area contributed by atoms with Gasteiger partial charge in [-0.3, -0.25) is 4.79 Å². The van der Waals surface area contributed by atoms with Gasteiger partial charge in [0.05, 0.1) is 38.5 Å². The summed E-state index contributed by atoms with van der Waals surface area (Å²) in [6.07, 6.45) is 3.41. The Kier molecular flexibility index (Phi) is 5.16. The van der Waals surface area contributed by atoms with E-state index in [-0.39, 0.29) is 35.4 Å². The summed E-state index contributed by atoms with van der Waals surface area (Å²) in [7, 11) is 0. The Morgan fingerprint density at radius 3 is 2.75 bits per heavy atom. The molecule has 0 saturated heterocycles. The Hall–Kier alpha value is -4.02. The van der Waals surface area contributed by atoms with Gasteiger partial charge in [0.1, 0.15) is 29.1 Å². The Bertz CT molecular complexity index is 1710. The van der Waals surface area contributed by atoms with Crippen LogP contribution in [0.1, 0.15) is 54.4 Å². The number of aromatic nitrogens is 4. The fraction of sp³-hybridized carbons (Fsp3) is 0.308. The smallest absolute Gasteiger partial charge is 0.299 e. The zero-order valence-corrected chi connectivity index (χ0v) is 20.3. The van der Waals surface area contributed by atoms with Gasteiger partial charge < -0.3 is 15.2 Å². The summed E-state index contributed by atoms with van der Waals surface area (Å²) in [5.41, 5.74) is 7.65. The van der Waals surface area contributed by atoms with E-state index in [9.17, 15) is 9.18 Å². The fourth-order valence-electron chi connectivity index (χ4n) is 4.63. The SMILES string of the molecule is CC#CC(=O)N1Cc2c(C#Cc3c(F)cc4sc(C5CC5)nc4c3F)c3c(N)ncnc3n2C[C@H]1C. The van der Waals surface area contributed by atoms with Crippen LogP contribution in [-0.2, 0) is 17.9 Å². The van der Waals surface area contributed by atoms with Crippen molar-refractivity contribution in [3.63, 3.8) is 0 Å². The van der Waals surface area contributed by atoms with Gasteiger partial charge in [-0.05, 0) is 38.7 Å². The van der Waals surface area contributed by atoms with Gasteiger partial charge in [-0.25, -0.2) is 23.7 Å².